The number of benzene rings is 1. The Kier molecular flexibility index (Phi) is 4.38. The van der Waals surface area contributed by atoms with E-state index in [0.29, 0.717) is 17.7 Å². The topological polar surface area (TPSA) is 25.2 Å². The molecule has 0 fully saturated rings. The molecular weight excluding hydrogens is 241 g/mol. The molecule has 2 aromatic rings. The van der Waals surface area contributed by atoms with E-state index in [9.17, 15) is 4.39 Å². The number of hydrogen-bond donors (Lipinski definition) is 1. The smallest absolute Gasteiger partial charge is 0.129 e. The van der Waals surface area contributed by atoms with Crippen molar-refractivity contribution in [3.8, 4) is 0 Å². The van der Waals surface area contributed by atoms with Crippen LogP contribution in [0, 0.1) is 19.7 Å². The Morgan fingerprint density at radius 2 is 1.95 bits per heavy atom. The average molecular weight is 261 g/mol. The van der Waals surface area contributed by atoms with E-state index < -0.39 is 0 Å². The van der Waals surface area contributed by atoms with Crippen molar-refractivity contribution in [3.63, 3.8) is 0 Å². The predicted molar refractivity (Wildman–Crippen MR) is 74.5 cm³/mol. The normalized spacial score (nSPS) is 12.6. The summed E-state index contributed by atoms with van der Waals surface area (Å²) in [5, 5.41) is 3.45. The maximum atomic E-state index is 13.6. The van der Waals surface area contributed by atoms with Crippen LogP contribution in [0.4, 0.5) is 4.39 Å². The molecule has 0 spiro atoms. The maximum absolute atomic E-state index is 13.6. The number of aryl methyl sites for hydroxylation is 2. The molecule has 0 aliphatic rings. The minimum Gasteiger partial charge on any atom is -0.468 e. The lowest BCUT2D eigenvalue weighted by atomic mass is 10.1. The number of halogens is 1. The lowest BCUT2D eigenvalue weighted by molar-refractivity contribution is 0.403. The molecule has 1 N–H and O–H groups in total. The van der Waals surface area contributed by atoms with Gasteiger partial charge in [0.15, 0.2) is 0 Å². The summed E-state index contributed by atoms with van der Waals surface area (Å²) in [7, 11) is 0. The number of hydrogen-bond acceptors (Lipinski definition) is 2. The molecule has 1 atom stereocenters. The van der Waals surface area contributed by atoms with Crippen LogP contribution < -0.4 is 5.32 Å². The molecule has 0 amide bonds. The molecule has 2 rings (SSSR count). The van der Waals surface area contributed by atoms with Crippen LogP contribution in [0.1, 0.15) is 41.8 Å². The highest BCUT2D eigenvalue weighted by Crippen LogP contribution is 2.19. The average Bonchev–Trinajstić information content (AvgIpc) is 2.90. The van der Waals surface area contributed by atoms with Crippen molar-refractivity contribution in [2.24, 2.45) is 0 Å². The van der Waals surface area contributed by atoms with Crippen LogP contribution in [0.2, 0.25) is 0 Å². The SMILES string of the molecule is CCC(NCc1cc(C)c(F)c(C)c1)c1ccco1. The summed E-state index contributed by atoms with van der Waals surface area (Å²) < 4.78 is 19.0. The quantitative estimate of drug-likeness (QED) is 0.869. The fraction of sp³-hybridized carbons (Fsp3) is 0.375. The van der Waals surface area contributed by atoms with Crippen molar-refractivity contribution in [2.45, 2.75) is 39.8 Å². The largest absolute Gasteiger partial charge is 0.468 e. The number of nitrogens with one attached hydrogen (secondary N) is 1. The zero-order valence-electron chi connectivity index (χ0n) is 11.7. The second kappa shape index (κ2) is 6.02. The number of rotatable bonds is 5. The molecule has 0 saturated heterocycles. The third kappa shape index (κ3) is 3.24. The molecule has 1 unspecified atom stereocenters. The Balaban J connectivity index is 2.06. The van der Waals surface area contributed by atoms with Gasteiger partial charge in [-0.05, 0) is 49.1 Å². The van der Waals surface area contributed by atoms with Gasteiger partial charge in [0.05, 0.1) is 12.3 Å². The summed E-state index contributed by atoms with van der Waals surface area (Å²) in [6, 6.07) is 7.85. The van der Waals surface area contributed by atoms with Gasteiger partial charge in [0.2, 0.25) is 0 Å². The van der Waals surface area contributed by atoms with Gasteiger partial charge < -0.3 is 9.73 Å². The van der Waals surface area contributed by atoms with Crippen molar-refractivity contribution >= 4 is 0 Å². The monoisotopic (exact) mass is 261 g/mol. The molecule has 3 heteroatoms. The molecule has 2 nitrogen and oxygen atoms in total. The van der Waals surface area contributed by atoms with Crippen molar-refractivity contribution < 1.29 is 8.81 Å². The summed E-state index contributed by atoms with van der Waals surface area (Å²) in [5.41, 5.74) is 2.49. The third-order valence-corrected chi connectivity index (χ3v) is 3.34. The zero-order chi connectivity index (χ0) is 13.8. The maximum Gasteiger partial charge on any atom is 0.129 e. The molecule has 0 radical (unpaired) electrons. The fourth-order valence-corrected chi connectivity index (χ4v) is 2.31. The van der Waals surface area contributed by atoms with E-state index >= 15 is 0 Å². The standard InChI is InChI=1S/C16H20FNO/c1-4-14(15-6-5-7-19-15)18-10-13-8-11(2)16(17)12(3)9-13/h5-9,14,18H,4,10H2,1-3H3. The van der Waals surface area contributed by atoms with Crippen LogP contribution in [0.25, 0.3) is 0 Å². The van der Waals surface area contributed by atoms with E-state index in [1.54, 1.807) is 20.1 Å². The lowest BCUT2D eigenvalue weighted by Gasteiger charge is -2.15. The van der Waals surface area contributed by atoms with E-state index in [2.05, 4.69) is 12.2 Å². The van der Waals surface area contributed by atoms with Crippen LogP contribution in [-0.2, 0) is 6.54 Å². The Morgan fingerprint density at radius 3 is 2.47 bits per heavy atom. The molecule has 19 heavy (non-hydrogen) atoms. The lowest BCUT2D eigenvalue weighted by Crippen LogP contribution is -2.20. The Labute approximate surface area is 113 Å². The molecule has 0 aliphatic carbocycles. The molecule has 1 aromatic heterocycles. The van der Waals surface area contributed by atoms with Crippen LogP contribution in [0.15, 0.2) is 34.9 Å². The first-order valence-electron chi connectivity index (χ1n) is 6.64. The number of furan rings is 1. The zero-order valence-corrected chi connectivity index (χ0v) is 11.7. The highest BCUT2D eigenvalue weighted by molar-refractivity contribution is 5.30. The molecule has 0 saturated carbocycles. The minimum absolute atomic E-state index is 0.109. The van der Waals surface area contributed by atoms with Gasteiger partial charge in [0.1, 0.15) is 11.6 Å². The predicted octanol–water partition coefficient (Wildman–Crippen LogP) is 4.28. The summed E-state index contributed by atoms with van der Waals surface area (Å²) in [5.74, 6) is 0.833. The van der Waals surface area contributed by atoms with Gasteiger partial charge in [-0.3, -0.25) is 0 Å². The summed E-state index contributed by atoms with van der Waals surface area (Å²) in [6.07, 6.45) is 2.64. The highest BCUT2D eigenvalue weighted by atomic mass is 19.1. The van der Waals surface area contributed by atoms with E-state index in [1.165, 1.54) is 0 Å². The van der Waals surface area contributed by atoms with Gasteiger partial charge in [-0.2, -0.15) is 0 Å². The van der Waals surface area contributed by atoms with Gasteiger partial charge in [-0.25, -0.2) is 4.39 Å². The first kappa shape index (κ1) is 13.8. The second-order valence-electron chi connectivity index (χ2n) is 4.90. The van der Waals surface area contributed by atoms with E-state index in [0.717, 1.165) is 17.7 Å². The summed E-state index contributed by atoms with van der Waals surface area (Å²) >= 11 is 0. The fourth-order valence-electron chi connectivity index (χ4n) is 2.31. The van der Waals surface area contributed by atoms with Crippen molar-refractivity contribution in [2.75, 3.05) is 0 Å². The second-order valence-corrected chi connectivity index (χ2v) is 4.90. The van der Waals surface area contributed by atoms with Crippen LogP contribution in [0.5, 0.6) is 0 Å². The van der Waals surface area contributed by atoms with Crippen LogP contribution in [-0.4, -0.2) is 0 Å². The molecule has 1 heterocycles. The van der Waals surface area contributed by atoms with Gasteiger partial charge >= 0.3 is 0 Å². The molecule has 102 valence electrons. The van der Waals surface area contributed by atoms with E-state index in [-0.39, 0.29) is 11.9 Å². The first-order chi connectivity index (χ1) is 9.11. The van der Waals surface area contributed by atoms with E-state index in [4.69, 9.17) is 4.42 Å². The van der Waals surface area contributed by atoms with Gasteiger partial charge in [0, 0.05) is 6.54 Å². The first-order valence-corrected chi connectivity index (χ1v) is 6.64. The Hall–Kier alpha value is -1.61. The van der Waals surface area contributed by atoms with Gasteiger partial charge in [-0.1, -0.05) is 19.1 Å². The van der Waals surface area contributed by atoms with Crippen molar-refractivity contribution in [1.29, 1.82) is 0 Å². The minimum atomic E-state index is -0.109. The summed E-state index contributed by atoms with van der Waals surface area (Å²) in [4.78, 5) is 0. The molecule has 0 aliphatic heterocycles. The Morgan fingerprint density at radius 1 is 1.26 bits per heavy atom. The molecule has 1 aromatic carbocycles. The van der Waals surface area contributed by atoms with Crippen LogP contribution in [0.3, 0.4) is 0 Å². The van der Waals surface area contributed by atoms with E-state index in [1.807, 2.05) is 24.3 Å². The highest BCUT2D eigenvalue weighted by Gasteiger charge is 2.12. The van der Waals surface area contributed by atoms with Gasteiger partial charge in [-0.15, -0.1) is 0 Å². The van der Waals surface area contributed by atoms with Crippen molar-refractivity contribution in [1.82, 2.24) is 5.32 Å². The summed E-state index contributed by atoms with van der Waals surface area (Å²) in [6.45, 7) is 6.42. The molecular formula is C16H20FNO. The van der Waals surface area contributed by atoms with Crippen LogP contribution >= 0.6 is 0 Å². The third-order valence-electron chi connectivity index (χ3n) is 3.34. The van der Waals surface area contributed by atoms with Gasteiger partial charge in [0.25, 0.3) is 0 Å². The Bertz CT molecular complexity index is 511. The molecule has 0 bridgehead atoms. The van der Waals surface area contributed by atoms with Crippen molar-refractivity contribution in [3.05, 3.63) is 58.8 Å².